The van der Waals surface area contributed by atoms with Gasteiger partial charge in [-0.3, -0.25) is 9.59 Å². The summed E-state index contributed by atoms with van der Waals surface area (Å²) in [7, 11) is 0. The van der Waals surface area contributed by atoms with Crippen LogP contribution in [0.3, 0.4) is 0 Å². The minimum Gasteiger partial charge on any atom is -0.481 e. The van der Waals surface area contributed by atoms with Crippen LogP contribution in [0.4, 0.5) is 0 Å². The molecule has 0 aromatic rings. The zero-order valence-corrected chi connectivity index (χ0v) is 17.5. The van der Waals surface area contributed by atoms with E-state index in [9.17, 15) is 9.59 Å². The van der Waals surface area contributed by atoms with Crippen LogP contribution in [0.1, 0.15) is 97.3 Å². The predicted octanol–water partition coefficient (Wildman–Crippen LogP) is 5.21. The van der Waals surface area contributed by atoms with Gasteiger partial charge in [0, 0.05) is 0 Å². The van der Waals surface area contributed by atoms with Gasteiger partial charge < -0.3 is 10.2 Å². The van der Waals surface area contributed by atoms with E-state index in [1.807, 2.05) is 0 Å². The minimum absolute atomic E-state index is 0.296. The molecule has 5 heteroatoms. The smallest absolute Gasteiger partial charge is 0.303 e. The molecule has 0 rings (SSSR count). The van der Waals surface area contributed by atoms with Crippen molar-refractivity contribution < 1.29 is 19.8 Å². The molecule has 0 bridgehead atoms. The largest absolute Gasteiger partial charge is 0.481 e. The Hall–Kier alpha value is -0.0600. The molecule has 1 unspecified atom stereocenters. The first kappa shape index (κ1) is 25.2. The Morgan fingerprint density at radius 3 is 1.52 bits per heavy atom. The van der Waals surface area contributed by atoms with Gasteiger partial charge in [0.1, 0.15) is 0 Å². The summed E-state index contributed by atoms with van der Waals surface area (Å²) in [5.74, 6) is -2.15. The van der Waals surface area contributed by atoms with Gasteiger partial charge >= 0.3 is 128 Å². The quantitative estimate of drug-likeness (QED) is 0.337. The van der Waals surface area contributed by atoms with Gasteiger partial charge in [0.25, 0.3) is 0 Å². The molecule has 4 nitrogen and oxygen atoms in total. The summed E-state index contributed by atoms with van der Waals surface area (Å²) in [6.45, 7) is 4.63. The van der Waals surface area contributed by atoms with Crippen molar-refractivity contribution in [1.82, 2.24) is 0 Å². The van der Waals surface area contributed by atoms with Gasteiger partial charge in [-0.15, -0.1) is 0 Å². The fourth-order valence-corrected chi connectivity index (χ4v) is 2.63. The normalized spacial score (nSPS) is 11.5. The number of carboxylic acid groups (broad SMARTS) is 2. The van der Waals surface area contributed by atoms with E-state index in [2.05, 4.69) is 13.8 Å². The van der Waals surface area contributed by atoms with E-state index >= 15 is 0 Å². The molecular weight excluding hydrogens is 303 g/mol. The second-order valence-corrected chi connectivity index (χ2v) is 8.05. The Bertz CT molecular complexity index is 268. The first-order valence-electron chi connectivity index (χ1n) is 9.37. The molecule has 0 aliphatic heterocycles. The van der Waals surface area contributed by atoms with Crippen LogP contribution >= 0.6 is 0 Å². The number of hydrogen-bond acceptors (Lipinski definition) is 2. The molecule has 0 aliphatic rings. The van der Waals surface area contributed by atoms with Crippen molar-refractivity contribution in [2.24, 2.45) is 0 Å². The Labute approximate surface area is 159 Å². The van der Waals surface area contributed by atoms with E-state index < -0.39 is 11.9 Å². The summed E-state index contributed by atoms with van der Waals surface area (Å²) >= 11 is 1.41. The van der Waals surface area contributed by atoms with Crippen molar-refractivity contribution in [3.63, 3.8) is 0 Å². The standard InChI is InChI=1S/C14H29.C4H6O4.Na/c1-3-5-7-9-11-13-14-12-10-8-6-4-2;5-3(6)1-2-4(7)8;/h5H,3-4,6-14H2,1-2H3;1-2H2,(H,5,6)(H,7,8);. The molecule has 0 radical (unpaired) electrons. The van der Waals surface area contributed by atoms with E-state index in [0.29, 0.717) is 0 Å². The molecule has 0 saturated carbocycles. The van der Waals surface area contributed by atoms with E-state index in [1.165, 1.54) is 98.6 Å². The molecular formula is C18H35NaO4. The van der Waals surface area contributed by atoms with Crippen LogP contribution in [-0.4, -0.2) is 50.1 Å². The van der Waals surface area contributed by atoms with Crippen molar-refractivity contribution in [3.8, 4) is 0 Å². The van der Waals surface area contributed by atoms with Gasteiger partial charge in [0.2, 0.25) is 0 Å². The summed E-state index contributed by atoms with van der Waals surface area (Å²) < 4.78 is 1.09. The molecule has 0 amide bonds. The molecule has 132 valence electrons. The minimum atomic E-state index is -1.08. The topological polar surface area (TPSA) is 74.6 Å². The molecule has 0 heterocycles. The summed E-state index contributed by atoms with van der Waals surface area (Å²) in [6.07, 6.45) is 15.6. The van der Waals surface area contributed by atoms with Crippen LogP contribution in [0.2, 0.25) is 3.17 Å². The number of unbranched alkanes of at least 4 members (excludes halogenated alkanes) is 8. The second kappa shape index (κ2) is 20.0. The molecule has 0 spiro atoms. The van der Waals surface area contributed by atoms with Crippen molar-refractivity contribution in [2.45, 2.75) is 100 Å². The van der Waals surface area contributed by atoms with E-state index in [1.54, 1.807) is 0 Å². The van der Waals surface area contributed by atoms with Crippen LogP contribution in [0.15, 0.2) is 0 Å². The third-order valence-corrected chi connectivity index (χ3v) is 5.44. The van der Waals surface area contributed by atoms with Crippen LogP contribution < -0.4 is 0 Å². The van der Waals surface area contributed by atoms with E-state index in [4.69, 9.17) is 10.2 Å². The number of carbonyl (C=O) groups is 2. The van der Waals surface area contributed by atoms with Crippen molar-refractivity contribution in [3.05, 3.63) is 0 Å². The Kier molecular flexibility index (Phi) is 21.9. The first-order valence-corrected chi connectivity index (χ1v) is 10.5. The fourth-order valence-electron chi connectivity index (χ4n) is 2.22. The number of carboxylic acids is 2. The Morgan fingerprint density at radius 2 is 1.17 bits per heavy atom. The average molecular weight is 338 g/mol. The second-order valence-electron chi connectivity index (χ2n) is 6.42. The number of hydrogen-bond donors (Lipinski definition) is 2. The zero-order chi connectivity index (χ0) is 17.9. The van der Waals surface area contributed by atoms with Crippen LogP contribution in [0.5, 0.6) is 0 Å². The molecule has 2 N–H and O–H groups in total. The molecule has 0 aromatic heterocycles. The maximum absolute atomic E-state index is 9.64. The molecule has 0 aliphatic carbocycles. The fraction of sp³-hybridized carbons (Fsp3) is 0.889. The van der Waals surface area contributed by atoms with Crippen LogP contribution in [0, 0.1) is 0 Å². The van der Waals surface area contributed by atoms with Gasteiger partial charge in [-0.05, 0) is 0 Å². The monoisotopic (exact) mass is 338 g/mol. The van der Waals surface area contributed by atoms with Gasteiger partial charge in [-0.2, -0.15) is 0 Å². The Balaban J connectivity index is 0. The first-order chi connectivity index (χ1) is 10.9. The van der Waals surface area contributed by atoms with E-state index in [-0.39, 0.29) is 12.8 Å². The molecule has 0 fully saturated rings. The molecule has 23 heavy (non-hydrogen) atoms. The summed E-state index contributed by atoms with van der Waals surface area (Å²) in [5, 5.41) is 15.8. The molecule has 0 saturated heterocycles. The Morgan fingerprint density at radius 1 is 0.783 bits per heavy atom. The third-order valence-electron chi connectivity index (χ3n) is 4.05. The maximum Gasteiger partial charge on any atom is 0.303 e. The predicted molar refractivity (Wildman–Crippen MR) is 96.1 cm³/mol. The summed E-state index contributed by atoms with van der Waals surface area (Å²) in [5.41, 5.74) is 0. The van der Waals surface area contributed by atoms with Gasteiger partial charge in [-0.25, -0.2) is 0 Å². The van der Waals surface area contributed by atoms with Gasteiger partial charge in [-0.1, -0.05) is 0 Å². The maximum atomic E-state index is 9.64. The number of rotatable bonds is 14. The van der Waals surface area contributed by atoms with Crippen molar-refractivity contribution >= 4 is 39.9 Å². The molecule has 0 aromatic carbocycles. The van der Waals surface area contributed by atoms with Crippen LogP contribution in [-0.2, 0) is 9.59 Å². The van der Waals surface area contributed by atoms with Gasteiger partial charge in [0.05, 0.1) is 12.8 Å². The average Bonchev–Trinajstić information content (AvgIpc) is 2.51. The third kappa shape index (κ3) is 27.1. The SMILES string of the molecule is CCCCCCCCCCC[CH]([Na])CC.O=C(O)CCC(=O)O. The van der Waals surface area contributed by atoms with Crippen molar-refractivity contribution in [2.75, 3.05) is 0 Å². The van der Waals surface area contributed by atoms with Gasteiger partial charge in [0.15, 0.2) is 0 Å². The van der Waals surface area contributed by atoms with Crippen molar-refractivity contribution in [1.29, 1.82) is 0 Å². The summed E-state index contributed by atoms with van der Waals surface area (Å²) in [6, 6.07) is 0. The number of aliphatic carboxylic acids is 2. The van der Waals surface area contributed by atoms with E-state index in [0.717, 1.165) is 3.17 Å². The van der Waals surface area contributed by atoms with Crippen LogP contribution in [0.25, 0.3) is 0 Å². The molecule has 1 atom stereocenters. The summed E-state index contributed by atoms with van der Waals surface area (Å²) in [4.78, 5) is 19.3. The zero-order valence-electron chi connectivity index (χ0n) is 15.5.